The molecule has 0 heterocycles. The van der Waals surface area contributed by atoms with Gasteiger partial charge >= 0.3 is 0 Å². The van der Waals surface area contributed by atoms with Crippen LogP contribution in [0.1, 0.15) is 38.3 Å². The quantitative estimate of drug-likeness (QED) is 0.725. The Hall–Kier alpha value is -1.48. The second-order valence-electron chi connectivity index (χ2n) is 4.78. The summed E-state index contributed by atoms with van der Waals surface area (Å²) in [6.07, 6.45) is 2.04. The van der Waals surface area contributed by atoms with Crippen molar-refractivity contribution in [2.24, 2.45) is 0 Å². The van der Waals surface area contributed by atoms with Crippen LogP contribution in [0.25, 0.3) is 0 Å². The van der Waals surface area contributed by atoms with E-state index in [0.717, 1.165) is 30.9 Å². The smallest absolute Gasteiger partial charge is 0.161 e. The van der Waals surface area contributed by atoms with E-state index in [4.69, 9.17) is 9.47 Å². The first kappa shape index (κ1) is 15.6. The summed E-state index contributed by atoms with van der Waals surface area (Å²) in [5.74, 6) is 1.53. The molecule has 0 fully saturated rings. The van der Waals surface area contributed by atoms with Crippen LogP contribution >= 0.6 is 0 Å². The zero-order valence-corrected chi connectivity index (χ0v) is 12.5. The Morgan fingerprint density at radius 2 is 1.95 bits per heavy atom. The zero-order valence-electron chi connectivity index (χ0n) is 12.5. The molecule has 1 N–H and O–H groups in total. The van der Waals surface area contributed by atoms with Crippen molar-refractivity contribution in [3.63, 3.8) is 0 Å². The van der Waals surface area contributed by atoms with Gasteiger partial charge in [-0.3, -0.25) is 0 Å². The summed E-state index contributed by atoms with van der Waals surface area (Å²) in [5.41, 5.74) is 2.37. The first-order valence-corrected chi connectivity index (χ1v) is 6.72. The molecule has 106 valence electrons. The van der Waals surface area contributed by atoms with Crippen LogP contribution < -0.4 is 14.8 Å². The fourth-order valence-corrected chi connectivity index (χ4v) is 2.04. The van der Waals surface area contributed by atoms with Gasteiger partial charge in [0.15, 0.2) is 11.5 Å². The Morgan fingerprint density at radius 1 is 1.26 bits per heavy atom. The predicted octanol–water partition coefficient (Wildman–Crippen LogP) is 3.71. The molecule has 0 spiro atoms. The molecular weight excluding hydrogens is 238 g/mol. The van der Waals surface area contributed by atoms with Crippen LogP contribution in [0.15, 0.2) is 30.4 Å². The lowest BCUT2D eigenvalue weighted by atomic mass is 9.99. The van der Waals surface area contributed by atoms with Gasteiger partial charge in [-0.15, -0.1) is 6.58 Å². The SMILES string of the molecule is C=C(C)CC(NCCC)c1ccc(OC)c(OC)c1. The Kier molecular flexibility index (Phi) is 6.43. The summed E-state index contributed by atoms with van der Waals surface area (Å²) in [6, 6.07) is 6.34. The van der Waals surface area contributed by atoms with E-state index in [1.54, 1.807) is 14.2 Å². The van der Waals surface area contributed by atoms with E-state index in [0.29, 0.717) is 0 Å². The van der Waals surface area contributed by atoms with Gasteiger partial charge in [0.2, 0.25) is 0 Å². The van der Waals surface area contributed by atoms with E-state index in [1.165, 1.54) is 11.1 Å². The fraction of sp³-hybridized carbons (Fsp3) is 0.500. The summed E-state index contributed by atoms with van der Waals surface area (Å²) in [4.78, 5) is 0. The van der Waals surface area contributed by atoms with Crippen LogP contribution in [0, 0.1) is 0 Å². The summed E-state index contributed by atoms with van der Waals surface area (Å²) >= 11 is 0. The van der Waals surface area contributed by atoms with Crippen molar-refractivity contribution < 1.29 is 9.47 Å². The first-order valence-electron chi connectivity index (χ1n) is 6.72. The predicted molar refractivity (Wildman–Crippen MR) is 80.0 cm³/mol. The van der Waals surface area contributed by atoms with E-state index in [1.807, 2.05) is 12.1 Å². The van der Waals surface area contributed by atoms with Gasteiger partial charge in [-0.2, -0.15) is 0 Å². The molecule has 1 unspecified atom stereocenters. The van der Waals surface area contributed by atoms with Gasteiger partial charge in [-0.05, 0) is 44.0 Å². The molecule has 0 bridgehead atoms. The van der Waals surface area contributed by atoms with Gasteiger partial charge in [0.25, 0.3) is 0 Å². The number of hydrogen-bond acceptors (Lipinski definition) is 3. The highest BCUT2D eigenvalue weighted by Crippen LogP contribution is 2.31. The Balaban J connectivity index is 2.97. The highest BCUT2D eigenvalue weighted by molar-refractivity contribution is 5.44. The average Bonchev–Trinajstić information content (AvgIpc) is 2.42. The maximum Gasteiger partial charge on any atom is 0.161 e. The topological polar surface area (TPSA) is 30.5 Å². The molecule has 0 amide bonds. The molecule has 1 aromatic rings. The molecule has 1 atom stereocenters. The molecule has 1 aromatic carbocycles. The minimum absolute atomic E-state index is 0.275. The van der Waals surface area contributed by atoms with Crippen molar-refractivity contribution in [2.75, 3.05) is 20.8 Å². The molecule has 0 saturated heterocycles. The fourth-order valence-electron chi connectivity index (χ4n) is 2.04. The summed E-state index contributed by atoms with van der Waals surface area (Å²) in [7, 11) is 3.31. The minimum Gasteiger partial charge on any atom is -0.493 e. The largest absolute Gasteiger partial charge is 0.493 e. The number of methoxy groups -OCH3 is 2. The minimum atomic E-state index is 0.275. The van der Waals surface area contributed by atoms with E-state index in [2.05, 4.69) is 31.8 Å². The molecule has 19 heavy (non-hydrogen) atoms. The molecule has 1 rings (SSSR count). The van der Waals surface area contributed by atoms with Crippen molar-refractivity contribution >= 4 is 0 Å². The maximum atomic E-state index is 5.36. The first-order chi connectivity index (χ1) is 9.12. The summed E-state index contributed by atoms with van der Waals surface area (Å²) < 4.78 is 10.6. The number of nitrogens with one attached hydrogen (secondary N) is 1. The standard InChI is InChI=1S/C16H25NO2/c1-6-9-17-14(10-12(2)3)13-7-8-15(18-4)16(11-13)19-5/h7-8,11,14,17H,2,6,9-10H2,1,3-5H3. The molecule has 0 aliphatic rings. The molecule has 3 nitrogen and oxygen atoms in total. The van der Waals surface area contributed by atoms with Crippen LogP contribution in [0.3, 0.4) is 0 Å². The third-order valence-electron chi connectivity index (χ3n) is 3.00. The molecule has 0 aliphatic carbocycles. The lowest BCUT2D eigenvalue weighted by molar-refractivity contribution is 0.353. The van der Waals surface area contributed by atoms with E-state index >= 15 is 0 Å². The molecule has 0 saturated carbocycles. The normalized spacial score (nSPS) is 12.0. The third-order valence-corrected chi connectivity index (χ3v) is 3.00. The van der Waals surface area contributed by atoms with Gasteiger partial charge in [-0.25, -0.2) is 0 Å². The monoisotopic (exact) mass is 263 g/mol. The van der Waals surface area contributed by atoms with Crippen LogP contribution in [-0.4, -0.2) is 20.8 Å². The summed E-state index contributed by atoms with van der Waals surface area (Å²) in [6.45, 7) is 9.22. The van der Waals surface area contributed by atoms with Gasteiger partial charge in [0.05, 0.1) is 14.2 Å². The zero-order chi connectivity index (χ0) is 14.3. The molecule has 0 aromatic heterocycles. The lowest BCUT2D eigenvalue weighted by Crippen LogP contribution is -2.22. The van der Waals surface area contributed by atoms with Gasteiger partial charge in [0, 0.05) is 6.04 Å². The number of benzene rings is 1. The highest BCUT2D eigenvalue weighted by Gasteiger charge is 2.13. The number of rotatable bonds is 8. The van der Waals surface area contributed by atoms with Crippen molar-refractivity contribution in [3.05, 3.63) is 35.9 Å². The van der Waals surface area contributed by atoms with Crippen LogP contribution in [0.4, 0.5) is 0 Å². The van der Waals surface area contributed by atoms with Gasteiger partial charge in [0.1, 0.15) is 0 Å². The Morgan fingerprint density at radius 3 is 2.47 bits per heavy atom. The van der Waals surface area contributed by atoms with Crippen molar-refractivity contribution in [2.45, 2.75) is 32.7 Å². The Bertz CT molecular complexity index is 415. The van der Waals surface area contributed by atoms with E-state index in [9.17, 15) is 0 Å². The van der Waals surface area contributed by atoms with Gasteiger partial charge in [-0.1, -0.05) is 18.6 Å². The van der Waals surface area contributed by atoms with E-state index in [-0.39, 0.29) is 6.04 Å². The van der Waals surface area contributed by atoms with Crippen LogP contribution in [-0.2, 0) is 0 Å². The Labute approximate surface area is 116 Å². The molecular formula is C16H25NO2. The highest BCUT2D eigenvalue weighted by atomic mass is 16.5. The van der Waals surface area contributed by atoms with Crippen molar-refractivity contribution in [1.82, 2.24) is 5.32 Å². The van der Waals surface area contributed by atoms with Crippen LogP contribution in [0.2, 0.25) is 0 Å². The molecule has 3 heteroatoms. The maximum absolute atomic E-state index is 5.36. The van der Waals surface area contributed by atoms with Crippen molar-refractivity contribution in [3.8, 4) is 11.5 Å². The van der Waals surface area contributed by atoms with Crippen LogP contribution in [0.5, 0.6) is 11.5 Å². The average molecular weight is 263 g/mol. The summed E-state index contributed by atoms with van der Waals surface area (Å²) in [5, 5.41) is 3.55. The second kappa shape index (κ2) is 7.85. The second-order valence-corrected chi connectivity index (χ2v) is 4.78. The number of hydrogen-bond donors (Lipinski definition) is 1. The van der Waals surface area contributed by atoms with Crippen molar-refractivity contribution in [1.29, 1.82) is 0 Å². The third kappa shape index (κ3) is 4.60. The molecule has 0 aliphatic heterocycles. The molecule has 0 radical (unpaired) electrons. The lowest BCUT2D eigenvalue weighted by Gasteiger charge is -2.20. The van der Waals surface area contributed by atoms with Gasteiger partial charge < -0.3 is 14.8 Å². The number of ether oxygens (including phenoxy) is 2. The van der Waals surface area contributed by atoms with E-state index < -0.39 is 0 Å².